The van der Waals surface area contributed by atoms with Crippen molar-refractivity contribution in [2.45, 2.75) is 37.0 Å². The third-order valence-corrected chi connectivity index (χ3v) is 4.89. The summed E-state index contributed by atoms with van der Waals surface area (Å²) in [4.78, 5) is 1.17. The first-order chi connectivity index (χ1) is 7.75. The SMILES string of the molecule is Nc1ccc(SCC2CCCCC2)c(Cl)c1. The first-order valence-corrected chi connectivity index (χ1v) is 7.30. The lowest BCUT2D eigenvalue weighted by molar-refractivity contribution is 0.391. The van der Waals surface area contributed by atoms with Gasteiger partial charge in [0.05, 0.1) is 5.02 Å². The minimum atomic E-state index is 0.743. The lowest BCUT2D eigenvalue weighted by Gasteiger charge is -2.21. The number of rotatable bonds is 3. The summed E-state index contributed by atoms with van der Waals surface area (Å²) in [7, 11) is 0. The van der Waals surface area contributed by atoms with E-state index in [2.05, 4.69) is 0 Å². The summed E-state index contributed by atoms with van der Waals surface area (Å²) in [6.07, 6.45) is 7.00. The van der Waals surface area contributed by atoms with Gasteiger partial charge in [-0.05, 0) is 37.0 Å². The highest BCUT2D eigenvalue weighted by Gasteiger charge is 2.14. The molecule has 1 saturated carbocycles. The van der Waals surface area contributed by atoms with Crippen LogP contribution in [0.15, 0.2) is 23.1 Å². The maximum absolute atomic E-state index is 6.15. The average Bonchev–Trinajstić information content (AvgIpc) is 2.29. The summed E-state index contributed by atoms with van der Waals surface area (Å²) >= 11 is 8.02. The van der Waals surface area contributed by atoms with Crippen LogP contribution in [0.3, 0.4) is 0 Å². The van der Waals surface area contributed by atoms with Crippen molar-refractivity contribution in [2.75, 3.05) is 11.5 Å². The Morgan fingerprint density at radius 3 is 2.69 bits per heavy atom. The minimum absolute atomic E-state index is 0.743. The fourth-order valence-electron chi connectivity index (χ4n) is 2.20. The highest BCUT2D eigenvalue weighted by molar-refractivity contribution is 7.99. The number of hydrogen-bond acceptors (Lipinski definition) is 2. The van der Waals surface area contributed by atoms with Crippen molar-refractivity contribution in [1.29, 1.82) is 0 Å². The molecule has 0 aromatic heterocycles. The molecule has 1 nitrogen and oxygen atoms in total. The van der Waals surface area contributed by atoms with Crippen LogP contribution in [0.5, 0.6) is 0 Å². The van der Waals surface area contributed by atoms with E-state index in [9.17, 15) is 0 Å². The van der Waals surface area contributed by atoms with Crippen LogP contribution in [0.1, 0.15) is 32.1 Å². The van der Waals surface area contributed by atoms with Crippen LogP contribution in [-0.4, -0.2) is 5.75 Å². The zero-order chi connectivity index (χ0) is 11.4. The molecule has 2 rings (SSSR count). The van der Waals surface area contributed by atoms with E-state index in [1.54, 1.807) is 0 Å². The van der Waals surface area contributed by atoms with Gasteiger partial charge >= 0.3 is 0 Å². The Morgan fingerprint density at radius 2 is 2.00 bits per heavy atom. The van der Waals surface area contributed by atoms with Crippen LogP contribution in [-0.2, 0) is 0 Å². The van der Waals surface area contributed by atoms with Gasteiger partial charge in [0.2, 0.25) is 0 Å². The molecule has 0 heterocycles. The molecule has 1 aromatic rings. The summed E-state index contributed by atoms with van der Waals surface area (Å²) in [6.45, 7) is 0. The van der Waals surface area contributed by atoms with Gasteiger partial charge in [0, 0.05) is 16.3 Å². The molecule has 0 saturated heterocycles. The average molecular weight is 256 g/mol. The number of hydrogen-bond donors (Lipinski definition) is 1. The van der Waals surface area contributed by atoms with Crippen LogP contribution >= 0.6 is 23.4 Å². The van der Waals surface area contributed by atoms with Gasteiger partial charge < -0.3 is 5.73 Å². The normalized spacial score (nSPS) is 17.6. The van der Waals surface area contributed by atoms with Gasteiger partial charge in [-0.3, -0.25) is 0 Å². The van der Waals surface area contributed by atoms with Crippen molar-refractivity contribution in [3.05, 3.63) is 23.2 Å². The Hall–Kier alpha value is -0.340. The van der Waals surface area contributed by atoms with Gasteiger partial charge in [0.25, 0.3) is 0 Å². The quantitative estimate of drug-likeness (QED) is 0.631. The number of nitrogen functional groups attached to an aromatic ring is 1. The van der Waals surface area contributed by atoms with Crippen LogP contribution in [0.2, 0.25) is 5.02 Å². The number of thioether (sulfide) groups is 1. The van der Waals surface area contributed by atoms with Crippen molar-refractivity contribution in [3.8, 4) is 0 Å². The van der Waals surface area contributed by atoms with E-state index in [-0.39, 0.29) is 0 Å². The highest BCUT2D eigenvalue weighted by Crippen LogP contribution is 2.33. The van der Waals surface area contributed by atoms with Gasteiger partial charge in [0.1, 0.15) is 0 Å². The maximum atomic E-state index is 6.15. The Balaban J connectivity index is 1.88. The molecule has 0 atom stereocenters. The molecule has 1 aromatic carbocycles. The van der Waals surface area contributed by atoms with Crippen LogP contribution in [0.4, 0.5) is 5.69 Å². The molecule has 0 spiro atoms. The van der Waals surface area contributed by atoms with E-state index >= 15 is 0 Å². The van der Waals surface area contributed by atoms with E-state index in [1.807, 2.05) is 30.0 Å². The Labute approximate surface area is 107 Å². The van der Waals surface area contributed by atoms with Crippen molar-refractivity contribution in [2.24, 2.45) is 5.92 Å². The van der Waals surface area contributed by atoms with Gasteiger partial charge in [-0.1, -0.05) is 30.9 Å². The molecule has 88 valence electrons. The Kier molecular flexibility index (Phi) is 4.42. The van der Waals surface area contributed by atoms with E-state index in [1.165, 1.54) is 42.8 Å². The van der Waals surface area contributed by atoms with E-state index in [0.717, 1.165) is 16.6 Å². The molecule has 2 N–H and O–H groups in total. The van der Waals surface area contributed by atoms with Crippen LogP contribution < -0.4 is 5.73 Å². The van der Waals surface area contributed by atoms with E-state index < -0.39 is 0 Å². The number of benzene rings is 1. The van der Waals surface area contributed by atoms with Crippen molar-refractivity contribution < 1.29 is 0 Å². The van der Waals surface area contributed by atoms with Crippen LogP contribution in [0.25, 0.3) is 0 Å². The largest absolute Gasteiger partial charge is 0.399 e. The topological polar surface area (TPSA) is 26.0 Å². The summed E-state index contributed by atoms with van der Waals surface area (Å²) in [6, 6.07) is 5.80. The lowest BCUT2D eigenvalue weighted by atomic mass is 9.91. The molecule has 3 heteroatoms. The molecule has 16 heavy (non-hydrogen) atoms. The number of nitrogens with two attached hydrogens (primary N) is 1. The first kappa shape index (κ1) is 12.1. The molecule has 1 fully saturated rings. The lowest BCUT2D eigenvalue weighted by Crippen LogP contribution is -2.08. The fourth-order valence-corrected chi connectivity index (χ4v) is 3.66. The third kappa shape index (κ3) is 3.33. The van der Waals surface area contributed by atoms with Gasteiger partial charge in [-0.2, -0.15) is 0 Å². The van der Waals surface area contributed by atoms with Crippen molar-refractivity contribution >= 4 is 29.1 Å². The minimum Gasteiger partial charge on any atom is -0.399 e. The molecule has 0 bridgehead atoms. The summed E-state index contributed by atoms with van der Waals surface area (Å²) in [5.41, 5.74) is 6.42. The second kappa shape index (κ2) is 5.83. The van der Waals surface area contributed by atoms with E-state index in [4.69, 9.17) is 17.3 Å². The summed E-state index contributed by atoms with van der Waals surface area (Å²) in [5, 5.41) is 0.792. The van der Waals surface area contributed by atoms with Gasteiger partial charge in [-0.25, -0.2) is 0 Å². The van der Waals surface area contributed by atoms with Crippen molar-refractivity contribution in [1.82, 2.24) is 0 Å². The fraction of sp³-hybridized carbons (Fsp3) is 0.538. The standard InChI is InChI=1S/C13H18ClNS/c14-12-8-11(15)6-7-13(12)16-9-10-4-2-1-3-5-10/h6-8,10H,1-5,9,15H2. The summed E-state index contributed by atoms with van der Waals surface area (Å²) < 4.78 is 0. The van der Waals surface area contributed by atoms with Gasteiger partial charge in [0.15, 0.2) is 0 Å². The van der Waals surface area contributed by atoms with Gasteiger partial charge in [-0.15, -0.1) is 11.8 Å². The van der Waals surface area contributed by atoms with Crippen LogP contribution in [0, 0.1) is 5.92 Å². The highest BCUT2D eigenvalue weighted by atomic mass is 35.5. The van der Waals surface area contributed by atoms with E-state index in [0.29, 0.717) is 0 Å². The second-order valence-corrected chi connectivity index (χ2v) is 5.97. The zero-order valence-corrected chi connectivity index (χ0v) is 11.0. The predicted molar refractivity (Wildman–Crippen MR) is 73.2 cm³/mol. The molecular formula is C13H18ClNS. The molecule has 0 unspecified atom stereocenters. The summed E-state index contributed by atoms with van der Waals surface area (Å²) in [5.74, 6) is 2.08. The maximum Gasteiger partial charge on any atom is 0.0562 e. The molecule has 1 aliphatic carbocycles. The molecule has 0 amide bonds. The molecule has 0 radical (unpaired) electrons. The Morgan fingerprint density at radius 1 is 1.25 bits per heavy atom. The second-order valence-electron chi connectivity index (χ2n) is 4.50. The third-order valence-electron chi connectivity index (χ3n) is 3.16. The monoisotopic (exact) mass is 255 g/mol. The number of anilines is 1. The molecule has 1 aliphatic rings. The zero-order valence-electron chi connectivity index (χ0n) is 9.42. The smallest absolute Gasteiger partial charge is 0.0562 e. The predicted octanol–water partition coefficient (Wildman–Crippen LogP) is 4.59. The first-order valence-electron chi connectivity index (χ1n) is 5.93. The molecule has 0 aliphatic heterocycles. The Bertz CT molecular complexity index is 348. The molecular weight excluding hydrogens is 238 g/mol. The number of halogens is 1. The van der Waals surface area contributed by atoms with Crippen molar-refractivity contribution in [3.63, 3.8) is 0 Å².